The molecule has 4 rings (SSSR count). The summed E-state index contributed by atoms with van der Waals surface area (Å²) in [6.45, 7) is 5.19. The largest absolute Gasteiger partial charge is 0.477 e. The molecule has 7 nitrogen and oxygen atoms in total. The molecule has 0 unspecified atom stereocenters. The average Bonchev–Trinajstić information content (AvgIpc) is 3.35. The highest BCUT2D eigenvalue weighted by atomic mass is 16.5. The van der Waals surface area contributed by atoms with Gasteiger partial charge in [0.1, 0.15) is 5.56 Å². The van der Waals surface area contributed by atoms with E-state index in [0.717, 1.165) is 5.56 Å². The number of benzene rings is 1. The maximum atomic E-state index is 13.2. The van der Waals surface area contributed by atoms with Crippen molar-refractivity contribution >= 4 is 5.91 Å². The van der Waals surface area contributed by atoms with E-state index in [1.54, 1.807) is 25.3 Å². The molecular weight excluding hydrogens is 356 g/mol. The van der Waals surface area contributed by atoms with Crippen LogP contribution in [0.2, 0.25) is 0 Å². The summed E-state index contributed by atoms with van der Waals surface area (Å²) in [6.07, 6.45) is 1.63. The SMILES string of the molecule is CCOc1ncccc1C(=O)N1C[C@@H](c2ccccc2)[C@H](c2nc(C)no2)C1. The second kappa shape index (κ2) is 7.80. The minimum Gasteiger partial charge on any atom is -0.477 e. The fraction of sp³-hybridized carbons (Fsp3) is 0.333. The van der Waals surface area contributed by atoms with Gasteiger partial charge in [-0.05, 0) is 31.5 Å². The molecule has 0 spiro atoms. The van der Waals surface area contributed by atoms with Crippen molar-refractivity contribution in [1.82, 2.24) is 20.0 Å². The molecule has 1 aliphatic rings. The Balaban J connectivity index is 1.65. The Morgan fingerprint density at radius 1 is 1.18 bits per heavy atom. The zero-order valence-electron chi connectivity index (χ0n) is 15.9. The Morgan fingerprint density at radius 3 is 2.68 bits per heavy atom. The summed E-state index contributed by atoms with van der Waals surface area (Å²) in [5, 5.41) is 3.94. The Labute approximate surface area is 163 Å². The van der Waals surface area contributed by atoms with Crippen LogP contribution in [0.15, 0.2) is 53.2 Å². The highest BCUT2D eigenvalue weighted by Crippen LogP contribution is 2.39. The van der Waals surface area contributed by atoms with E-state index in [4.69, 9.17) is 9.26 Å². The summed E-state index contributed by atoms with van der Waals surface area (Å²) >= 11 is 0. The Bertz CT molecular complexity index is 957. The van der Waals surface area contributed by atoms with Crippen LogP contribution in [0.4, 0.5) is 0 Å². The zero-order valence-corrected chi connectivity index (χ0v) is 15.9. The van der Waals surface area contributed by atoms with Crippen LogP contribution in [0.1, 0.15) is 46.4 Å². The predicted molar refractivity (Wildman–Crippen MR) is 102 cm³/mol. The zero-order chi connectivity index (χ0) is 19.5. The molecule has 0 saturated carbocycles. The van der Waals surface area contributed by atoms with Crippen LogP contribution in [0.5, 0.6) is 5.88 Å². The molecule has 144 valence electrons. The fourth-order valence-corrected chi connectivity index (χ4v) is 3.70. The number of hydrogen-bond acceptors (Lipinski definition) is 6. The van der Waals surface area contributed by atoms with Crippen molar-refractivity contribution in [2.24, 2.45) is 0 Å². The van der Waals surface area contributed by atoms with Gasteiger partial charge in [-0.3, -0.25) is 4.79 Å². The molecule has 3 heterocycles. The first-order valence-electron chi connectivity index (χ1n) is 9.39. The van der Waals surface area contributed by atoms with Crippen LogP contribution < -0.4 is 4.74 Å². The topological polar surface area (TPSA) is 81.4 Å². The molecule has 28 heavy (non-hydrogen) atoms. The van der Waals surface area contributed by atoms with Crippen LogP contribution in [0.25, 0.3) is 0 Å². The van der Waals surface area contributed by atoms with Crippen LogP contribution in [-0.2, 0) is 0 Å². The molecule has 0 bridgehead atoms. The van der Waals surface area contributed by atoms with Gasteiger partial charge in [0.2, 0.25) is 11.8 Å². The van der Waals surface area contributed by atoms with E-state index >= 15 is 0 Å². The van der Waals surface area contributed by atoms with Crippen molar-refractivity contribution in [3.63, 3.8) is 0 Å². The van der Waals surface area contributed by atoms with Gasteiger partial charge >= 0.3 is 0 Å². The Morgan fingerprint density at radius 2 is 1.96 bits per heavy atom. The lowest BCUT2D eigenvalue weighted by atomic mass is 9.89. The number of nitrogens with zero attached hydrogens (tertiary/aromatic N) is 4. The molecule has 3 aromatic rings. The highest BCUT2D eigenvalue weighted by molar-refractivity contribution is 5.96. The van der Waals surface area contributed by atoms with E-state index in [0.29, 0.717) is 42.9 Å². The van der Waals surface area contributed by atoms with E-state index < -0.39 is 0 Å². The molecule has 1 saturated heterocycles. The van der Waals surface area contributed by atoms with Gasteiger partial charge in [0.15, 0.2) is 5.82 Å². The molecule has 0 N–H and O–H groups in total. The summed E-state index contributed by atoms with van der Waals surface area (Å²) in [4.78, 5) is 23.7. The lowest BCUT2D eigenvalue weighted by Gasteiger charge is -2.18. The molecule has 1 aromatic carbocycles. The Hall–Kier alpha value is -3.22. The third-order valence-corrected chi connectivity index (χ3v) is 4.98. The lowest BCUT2D eigenvalue weighted by molar-refractivity contribution is 0.0783. The number of likely N-dealkylation sites (tertiary alicyclic amines) is 1. The molecule has 2 aromatic heterocycles. The molecule has 7 heteroatoms. The first-order valence-corrected chi connectivity index (χ1v) is 9.39. The number of pyridine rings is 1. The second-order valence-electron chi connectivity index (χ2n) is 6.80. The number of amides is 1. The van der Waals surface area contributed by atoms with Crippen LogP contribution in [0, 0.1) is 6.92 Å². The van der Waals surface area contributed by atoms with Crippen molar-refractivity contribution in [2.75, 3.05) is 19.7 Å². The van der Waals surface area contributed by atoms with Crippen LogP contribution in [0.3, 0.4) is 0 Å². The van der Waals surface area contributed by atoms with Gasteiger partial charge in [0.05, 0.1) is 12.5 Å². The number of carbonyl (C=O) groups is 1. The average molecular weight is 378 g/mol. The molecule has 1 fully saturated rings. The van der Waals surface area contributed by atoms with Gasteiger partial charge < -0.3 is 14.2 Å². The number of carbonyl (C=O) groups excluding carboxylic acids is 1. The first kappa shape index (κ1) is 18.2. The summed E-state index contributed by atoms with van der Waals surface area (Å²) < 4.78 is 11.0. The molecule has 0 aliphatic carbocycles. The molecule has 0 radical (unpaired) electrons. The highest BCUT2D eigenvalue weighted by Gasteiger charge is 2.41. The van der Waals surface area contributed by atoms with Gasteiger partial charge in [-0.2, -0.15) is 4.98 Å². The smallest absolute Gasteiger partial charge is 0.259 e. The minimum atomic E-state index is -0.101. The lowest BCUT2D eigenvalue weighted by Crippen LogP contribution is -2.29. The molecule has 2 atom stereocenters. The van der Waals surface area contributed by atoms with Gasteiger partial charge in [0.25, 0.3) is 5.91 Å². The minimum absolute atomic E-state index is 0.0558. The third-order valence-electron chi connectivity index (χ3n) is 4.98. The summed E-state index contributed by atoms with van der Waals surface area (Å²) in [7, 11) is 0. The predicted octanol–water partition coefficient (Wildman–Crippen LogP) is 3.20. The quantitative estimate of drug-likeness (QED) is 0.678. The van der Waals surface area contributed by atoms with Gasteiger partial charge in [0, 0.05) is 25.2 Å². The van der Waals surface area contributed by atoms with Crippen molar-refractivity contribution in [3.05, 3.63) is 71.5 Å². The van der Waals surface area contributed by atoms with E-state index in [1.807, 2.05) is 30.0 Å². The van der Waals surface area contributed by atoms with Crippen molar-refractivity contribution in [3.8, 4) is 5.88 Å². The number of rotatable bonds is 5. The van der Waals surface area contributed by atoms with E-state index in [1.165, 1.54) is 0 Å². The fourth-order valence-electron chi connectivity index (χ4n) is 3.70. The van der Waals surface area contributed by atoms with E-state index in [9.17, 15) is 4.79 Å². The first-order chi connectivity index (χ1) is 13.7. The van der Waals surface area contributed by atoms with Crippen LogP contribution in [-0.4, -0.2) is 45.6 Å². The molecular formula is C21H22N4O3. The normalized spacial score (nSPS) is 19.0. The van der Waals surface area contributed by atoms with Gasteiger partial charge in [-0.15, -0.1) is 0 Å². The third kappa shape index (κ3) is 3.47. The van der Waals surface area contributed by atoms with Crippen LogP contribution >= 0.6 is 0 Å². The summed E-state index contributed by atoms with van der Waals surface area (Å²) in [6, 6.07) is 13.6. The Kier molecular flexibility index (Phi) is 5.06. The number of aromatic nitrogens is 3. The summed E-state index contributed by atoms with van der Waals surface area (Å²) in [5.41, 5.74) is 1.62. The molecule has 1 amide bonds. The van der Waals surface area contributed by atoms with Gasteiger partial charge in [-0.1, -0.05) is 35.5 Å². The summed E-state index contributed by atoms with van der Waals surface area (Å²) in [5.74, 6) is 1.45. The van der Waals surface area contributed by atoms with Crippen molar-refractivity contribution in [2.45, 2.75) is 25.7 Å². The maximum Gasteiger partial charge on any atom is 0.259 e. The maximum absolute atomic E-state index is 13.2. The standard InChI is InChI=1S/C21H22N4O3/c1-3-27-19-16(10-7-11-22-19)21(26)25-12-17(15-8-5-4-6-9-15)18(13-25)20-23-14(2)24-28-20/h4-11,17-18H,3,12-13H2,1-2H3/t17-,18+/m0/s1. The van der Waals surface area contributed by atoms with E-state index in [-0.39, 0.29) is 17.7 Å². The second-order valence-corrected chi connectivity index (χ2v) is 6.80. The number of aryl methyl sites for hydroxylation is 1. The van der Waals surface area contributed by atoms with Gasteiger partial charge in [-0.25, -0.2) is 4.98 Å². The number of ether oxygens (including phenoxy) is 1. The van der Waals surface area contributed by atoms with Crippen molar-refractivity contribution < 1.29 is 14.1 Å². The van der Waals surface area contributed by atoms with Crippen molar-refractivity contribution in [1.29, 1.82) is 0 Å². The number of hydrogen-bond donors (Lipinski definition) is 0. The molecule has 1 aliphatic heterocycles. The monoisotopic (exact) mass is 378 g/mol. The van der Waals surface area contributed by atoms with E-state index in [2.05, 4.69) is 27.3 Å².